The van der Waals surface area contributed by atoms with Crippen molar-refractivity contribution in [1.82, 2.24) is 15.0 Å². The van der Waals surface area contributed by atoms with Crippen molar-refractivity contribution in [2.24, 2.45) is 0 Å². The van der Waals surface area contributed by atoms with E-state index >= 15 is 0 Å². The molecule has 0 bridgehead atoms. The summed E-state index contributed by atoms with van der Waals surface area (Å²) in [4.78, 5) is 0. The Labute approximate surface area is 112 Å². The molecule has 1 aromatic heterocycles. The van der Waals surface area contributed by atoms with Crippen molar-refractivity contribution in [3.8, 4) is 11.3 Å². The molecule has 1 unspecified atom stereocenters. The van der Waals surface area contributed by atoms with Gasteiger partial charge in [0.1, 0.15) is 5.69 Å². The van der Waals surface area contributed by atoms with Crippen molar-refractivity contribution >= 4 is 0 Å². The Morgan fingerprint density at radius 2 is 2.16 bits per heavy atom. The summed E-state index contributed by atoms with van der Waals surface area (Å²) in [5.74, 6) is 0. The maximum atomic E-state index is 9.76. The lowest BCUT2D eigenvalue weighted by atomic mass is 10.2. The third-order valence-electron chi connectivity index (χ3n) is 2.55. The van der Waals surface area contributed by atoms with E-state index < -0.39 is 6.10 Å². The summed E-state index contributed by atoms with van der Waals surface area (Å²) in [6.45, 7) is 4.59. The van der Waals surface area contributed by atoms with E-state index in [4.69, 9.17) is 4.74 Å². The minimum atomic E-state index is -0.606. The van der Waals surface area contributed by atoms with Gasteiger partial charge in [-0.15, -0.1) is 11.7 Å². The lowest BCUT2D eigenvalue weighted by Gasteiger charge is -2.09. The minimum Gasteiger partial charge on any atom is -0.389 e. The summed E-state index contributed by atoms with van der Waals surface area (Å²) in [6, 6.07) is 9.79. The molecule has 0 fully saturated rings. The standard InChI is InChI=1S/C14H17N3O2/c1-2-8-19-11-13(18)9-17-10-14(15-16-17)12-6-4-3-5-7-12/h2-7,10,13,18H,1,8-9,11H2. The van der Waals surface area contributed by atoms with Gasteiger partial charge < -0.3 is 9.84 Å². The summed E-state index contributed by atoms with van der Waals surface area (Å²) in [5, 5.41) is 17.8. The number of benzene rings is 1. The van der Waals surface area contributed by atoms with Crippen molar-refractivity contribution in [2.45, 2.75) is 12.6 Å². The summed E-state index contributed by atoms with van der Waals surface area (Å²) in [6.07, 6.45) is 2.85. The molecule has 5 nitrogen and oxygen atoms in total. The molecule has 1 aromatic carbocycles. The average molecular weight is 259 g/mol. The van der Waals surface area contributed by atoms with Crippen LogP contribution >= 0.6 is 0 Å². The van der Waals surface area contributed by atoms with E-state index in [2.05, 4.69) is 16.9 Å². The first-order valence-electron chi connectivity index (χ1n) is 6.12. The highest BCUT2D eigenvalue weighted by molar-refractivity contribution is 5.57. The molecule has 0 saturated heterocycles. The van der Waals surface area contributed by atoms with Crippen LogP contribution in [0, 0.1) is 0 Å². The van der Waals surface area contributed by atoms with Crippen LogP contribution in [0.15, 0.2) is 49.2 Å². The van der Waals surface area contributed by atoms with Crippen molar-refractivity contribution < 1.29 is 9.84 Å². The number of rotatable bonds is 7. The Kier molecular flexibility index (Phi) is 4.83. The van der Waals surface area contributed by atoms with Crippen LogP contribution in [0.5, 0.6) is 0 Å². The van der Waals surface area contributed by atoms with Crippen molar-refractivity contribution in [3.05, 3.63) is 49.2 Å². The van der Waals surface area contributed by atoms with Gasteiger partial charge in [0, 0.05) is 5.56 Å². The fraction of sp³-hybridized carbons (Fsp3) is 0.286. The lowest BCUT2D eigenvalue weighted by molar-refractivity contribution is 0.0373. The predicted molar refractivity (Wildman–Crippen MR) is 72.5 cm³/mol. The largest absolute Gasteiger partial charge is 0.389 e. The summed E-state index contributed by atoms with van der Waals surface area (Å²) in [7, 11) is 0. The topological polar surface area (TPSA) is 60.2 Å². The van der Waals surface area contributed by atoms with Crippen LogP contribution in [-0.2, 0) is 11.3 Å². The zero-order chi connectivity index (χ0) is 13.5. The van der Waals surface area contributed by atoms with E-state index in [1.165, 1.54) is 0 Å². The predicted octanol–water partition coefficient (Wildman–Crippen LogP) is 1.51. The third kappa shape index (κ3) is 4.01. The molecule has 0 spiro atoms. The molecule has 0 aliphatic rings. The van der Waals surface area contributed by atoms with Gasteiger partial charge in [0.2, 0.25) is 0 Å². The monoisotopic (exact) mass is 259 g/mol. The van der Waals surface area contributed by atoms with Gasteiger partial charge >= 0.3 is 0 Å². The Bertz CT molecular complexity index is 510. The molecule has 0 amide bonds. The molecular formula is C14H17N3O2. The fourth-order valence-corrected chi connectivity index (χ4v) is 1.68. The molecule has 2 aromatic rings. The average Bonchev–Trinajstić information content (AvgIpc) is 2.88. The third-order valence-corrected chi connectivity index (χ3v) is 2.55. The number of ether oxygens (including phenoxy) is 1. The Balaban J connectivity index is 1.92. The SMILES string of the molecule is C=CCOCC(O)Cn1cc(-c2ccccc2)nn1. The summed E-state index contributed by atoms with van der Waals surface area (Å²) < 4.78 is 6.79. The lowest BCUT2D eigenvalue weighted by Crippen LogP contribution is -2.22. The Morgan fingerprint density at radius 1 is 1.37 bits per heavy atom. The molecule has 5 heteroatoms. The molecule has 0 aliphatic heterocycles. The molecular weight excluding hydrogens is 242 g/mol. The van der Waals surface area contributed by atoms with Crippen LogP contribution < -0.4 is 0 Å². The van der Waals surface area contributed by atoms with Crippen LogP contribution in [0.1, 0.15) is 0 Å². The Morgan fingerprint density at radius 3 is 2.89 bits per heavy atom. The van der Waals surface area contributed by atoms with Gasteiger partial charge in [-0.05, 0) is 0 Å². The summed E-state index contributed by atoms with van der Waals surface area (Å²) >= 11 is 0. The van der Waals surface area contributed by atoms with Gasteiger partial charge in [-0.25, -0.2) is 4.68 Å². The number of hydrogen-bond acceptors (Lipinski definition) is 4. The van der Waals surface area contributed by atoms with E-state index in [0.29, 0.717) is 13.2 Å². The molecule has 1 atom stereocenters. The van der Waals surface area contributed by atoms with E-state index in [0.717, 1.165) is 11.3 Å². The van der Waals surface area contributed by atoms with Crippen LogP contribution in [-0.4, -0.2) is 39.4 Å². The molecule has 0 saturated carbocycles. The first-order valence-corrected chi connectivity index (χ1v) is 6.12. The van der Waals surface area contributed by atoms with E-state index in [1.807, 2.05) is 36.5 Å². The maximum absolute atomic E-state index is 9.76. The number of aromatic nitrogens is 3. The number of nitrogens with zero attached hydrogens (tertiary/aromatic N) is 3. The smallest absolute Gasteiger partial charge is 0.113 e. The van der Waals surface area contributed by atoms with Gasteiger partial charge in [0.25, 0.3) is 0 Å². The number of aliphatic hydroxyl groups is 1. The van der Waals surface area contributed by atoms with Gasteiger partial charge in [-0.2, -0.15) is 0 Å². The molecule has 100 valence electrons. The van der Waals surface area contributed by atoms with Crippen molar-refractivity contribution in [3.63, 3.8) is 0 Å². The van der Waals surface area contributed by atoms with Gasteiger partial charge in [-0.1, -0.05) is 41.6 Å². The Hall–Kier alpha value is -1.98. The molecule has 19 heavy (non-hydrogen) atoms. The highest BCUT2D eigenvalue weighted by Gasteiger charge is 2.08. The van der Waals surface area contributed by atoms with Crippen LogP contribution in [0.3, 0.4) is 0 Å². The van der Waals surface area contributed by atoms with Crippen LogP contribution in [0.25, 0.3) is 11.3 Å². The van der Waals surface area contributed by atoms with Crippen LogP contribution in [0.4, 0.5) is 0 Å². The fourth-order valence-electron chi connectivity index (χ4n) is 1.68. The van der Waals surface area contributed by atoms with E-state index in [-0.39, 0.29) is 6.61 Å². The molecule has 0 radical (unpaired) electrons. The highest BCUT2D eigenvalue weighted by Crippen LogP contribution is 2.14. The quantitative estimate of drug-likeness (QED) is 0.605. The maximum Gasteiger partial charge on any atom is 0.113 e. The van der Waals surface area contributed by atoms with Crippen molar-refractivity contribution in [1.29, 1.82) is 0 Å². The van der Waals surface area contributed by atoms with Gasteiger partial charge in [-0.3, -0.25) is 0 Å². The number of aliphatic hydroxyl groups excluding tert-OH is 1. The zero-order valence-corrected chi connectivity index (χ0v) is 10.6. The zero-order valence-electron chi connectivity index (χ0n) is 10.6. The second-order valence-electron chi connectivity index (χ2n) is 4.17. The summed E-state index contributed by atoms with van der Waals surface area (Å²) in [5.41, 5.74) is 1.80. The molecule has 1 heterocycles. The van der Waals surface area contributed by atoms with Crippen LogP contribution in [0.2, 0.25) is 0 Å². The second-order valence-corrected chi connectivity index (χ2v) is 4.17. The van der Waals surface area contributed by atoms with E-state index in [9.17, 15) is 5.11 Å². The first-order chi connectivity index (χ1) is 9.29. The van der Waals surface area contributed by atoms with Crippen molar-refractivity contribution in [2.75, 3.05) is 13.2 Å². The second kappa shape index (κ2) is 6.82. The normalized spacial score (nSPS) is 12.3. The van der Waals surface area contributed by atoms with Gasteiger partial charge in [0.15, 0.2) is 0 Å². The first kappa shape index (κ1) is 13.5. The molecule has 0 aliphatic carbocycles. The molecule has 2 rings (SSSR count). The van der Waals surface area contributed by atoms with E-state index in [1.54, 1.807) is 10.8 Å². The minimum absolute atomic E-state index is 0.256. The molecule has 1 N–H and O–H groups in total. The van der Waals surface area contributed by atoms with Gasteiger partial charge in [0.05, 0.1) is 32.1 Å². The highest BCUT2D eigenvalue weighted by atomic mass is 16.5. The number of hydrogen-bond donors (Lipinski definition) is 1.